The molecule has 0 unspecified atom stereocenters. The third-order valence-corrected chi connectivity index (χ3v) is 3.69. The number of carboxylic acids is 1. The lowest BCUT2D eigenvalue weighted by Crippen LogP contribution is -2.37. The fraction of sp³-hybridized carbons (Fsp3) is 0.600. The molecule has 1 N–H and O–H groups in total. The fourth-order valence-corrected chi connectivity index (χ4v) is 2.47. The minimum absolute atomic E-state index is 0.114. The van der Waals surface area contributed by atoms with E-state index in [1.165, 1.54) is 6.08 Å². The van der Waals surface area contributed by atoms with Gasteiger partial charge < -0.3 is 9.84 Å². The molecule has 8 heteroatoms. The van der Waals surface area contributed by atoms with Crippen LogP contribution in [0, 0.1) is 0 Å². The molecule has 0 fully saturated rings. The maximum absolute atomic E-state index is 11.8. The summed E-state index contributed by atoms with van der Waals surface area (Å²) in [6, 6.07) is 0. The van der Waals surface area contributed by atoms with Gasteiger partial charge in [0.25, 0.3) is 0 Å². The Balaban J connectivity index is 4.59. The number of carbonyl (C=O) groups excluding carboxylic acids is 1. The molecule has 0 bridgehead atoms. The number of carbonyl (C=O) groups is 2. The molecule has 0 aliphatic carbocycles. The van der Waals surface area contributed by atoms with Crippen LogP contribution in [0.2, 0.25) is 0 Å². The highest BCUT2D eigenvalue weighted by Gasteiger charge is 2.24. The maximum Gasteiger partial charge on any atom is 0.318 e. The molecule has 0 aliphatic rings. The number of carboxylic acid groups (broad SMARTS) is 1. The van der Waals surface area contributed by atoms with E-state index < -0.39 is 34.3 Å². The highest BCUT2D eigenvalue weighted by atomic mass is 32.2. The summed E-state index contributed by atoms with van der Waals surface area (Å²) in [6.45, 7) is 4.37. The van der Waals surface area contributed by atoms with E-state index in [2.05, 4.69) is 11.3 Å². The van der Waals surface area contributed by atoms with Gasteiger partial charge in [-0.1, -0.05) is 6.08 Å². The van der Waals surface area contributed by atoms with Gasteiger partial charge in [-0.2, -0.15) is 4.31 Å². The number of rotatable bonds is 9. The maximum atomic E-state index is 11.8. The van der Waals surface area contributed by atoms with E-state index in [1.54, 1.807) is 6.92 Å². The zero-order valence-electron chi connectivity index (χ0n) is 10.2. The molecule has 0 rings (SSSR count). The second kappa shape index (κ2) is 7.83. The van der Waals surface area contributed by atoms with E-state index in [0.29, 0.717) is 0 Å². The van der Waals surface area contributed by atoms with Crippen LogP contribution in [-0.2, 0) is 24.3 Å². The van der Waals surface area contributed by atoms with Gasteiger partial charge in [-0.25, -0.2) is 8.42 Å². The topological polar surface area (TPSA) is 101 Å². The largest absolute Gasteiger partial charge is 0.480 e. The Morgan fingerprint density at radius 2 is 2.06 bits per heavy atom. The Morgan fingerprint density at radius 3 is 2.50 bits per heavy atom. The third kappa shape index (κ3) is 6.36. The highest BCUT2D eigenvalue weighted by molar-refractivity contribution is 7.89. The summed E-state index contributed by atoms with van der Waals surface area (Å²) in [5, 5.41) is 8.60. The normalized spacial score (nSPS) is 11.2. The number of sulfonamides is 1. The molecule has 104 valence electrons. The Bertz CT molecular complexity index is 403. The second-order valence-corrected chi connectivity index (χ2v) is 5.43. The number of aliphatic carboxylic acids is 1. The van der Waals surface area contributed by atoms with Gasteiger partial charge in [-0.3, -0.25) is 9.59 Å². The molecule has 7 nitrogen and oxygen atoms in total. The van der Waals surface area contributed by atoms with Crippen molar-refractivity contribution in [1.29, 1.82) is 0 Å². The molecule has 0 aromatic carbocycles. The molecule has 0 heterocycles. The van der Waals surface area contributed by atoms with Gasteiger partial charge in [0.1, 0.15) is 6.54 Å². The predicted molar refractivity (Wildman–Crippen MR) is 64.4 cm³/mol. The summed E-state index contributed by atoms with van der Waals surface area (Å²) >= 11 is 0. The lowest BCUT2D eigenvalue weighted by Gasteiger charge is -2.18. The van der Waals surface area contributed by atoms with Gasteiger partial charge in [-0.05, 0) is 6.92 Å². The molecule has 0 saturated heterocycles. The molecule has 0 saturated carbocycles. The quantitative estimate of drug-likeness (QED) is 0.465. The van der Waals surface area contributed by atoms with E-state index in [0.717, 1.165) is 4.31 Å². The van der Waals surface area contributed by atoms with E-state index in [1.807, 2.05) is 0 Å². The average Bonchev–Trinajstić information content (AvgIpc) is 2.26. The van der Waals surface area contributed by atoms with Crippen molar-refractivity contribution in [2.45, 2.75) is 13.3 Å². The molecule has 0 spiro atoms. The first-order valence-electron chi connectivity index (χ1n) is 5.29. The van der Waals surface area contributed by atoms with Crippen molar-refractivity contribution >= 4 is 22.0 Å². The number of hydrogen-bond acceptors (Lipinski definition) is 5. The van der Waals surface area contributed by atoms with E-state index >= 15 is 0 Å². The lowest BCUT2D eigenvalue weighted by atomic mass is 10.5. The smallest absolute Gasteiger partial charge is 0.318 e. The molecule has 0 atom stereocenters. The summed E-state index contributed by atoms with van der Waals surface area (Å²) in [7, 11) is -3.81. The lowest BCUT2D eigenvalue weighted by molar-refractivity contribution is -0.142. The molecule has 0 aromatic rings. The average molecular weight is 279 g/mol. The van der Waals surface area contributed by atoms with Crippen LogP contribution in [0.3, 0.4) is 0 Å². The molecule has 0 aromatic heterocycles. The number of esters is 1. The van der Waals surface area contributed by atoms with Gasteiger partial charge in [0.05, 0.1) is 18.8 Å². The van der Waals surface area contributed by atoms with Gasteiger partial charge >= 0.3 is 11.9 Å². The van der Waals surface area contributed by atoms with Crippen molar-refractivity contribution in [3.8, 4) is 0 Å². The van der Waals surface area contributed by atoms with Gasteiger partial charge in [0, 0.05) is 6.54 Å². The number of ether oxygens (including phenoxy) is 1. The predicted octanol–water partition coefficient (Wildman–Crippen LogP) is -0.158. The fourth-order valence-electron chi connectivity index (χ4n) is 1.15. The van der Waals surface area contributed by atoms with Crippen molar-refractivity contribution in [1.82, 2.24) is 4.31 Å². The SMILES string of the molecule is C=CCN(CC(=O)O)S(=O)(=O)CCC(=O)OCC. The molecular formula is C10H17NO6S. The van der Waals surface area contributed by atoms with Gasteiger partial charge in [-0.15, -0.1) is 6.58 Å². The van der Waals surface area contributed by atoms with Gasteiger partial charge in [0.2, 0.25) is 10.0 Å². The standard InChI is InChI=1S/C10H17NO6S/c1-3-6-11(8-9(12)13)18(15,16)7-5-10(14)17-4-2/h3H,1,4-8H2,2H3,(H,12,13). The Hall–Kier alpha value is -1.41. The van der Waals surface area contributed by atoms with Crippen LogP contribution < -0.4 is 0 Å². The van der Waals surface area contributed by atoms with Crippen LogP contribution in [0.15, 0.2) is 12.7 Å². The molecule has 0 aliphatic heterocycles. The van der Waals surface area contributed by atoms with E-state index in [9.17, 15) is 18.0 Å². The summed E-state index contributed by atoms with van der Waals surface area (Å²) < 4.78 is 28.9. The number of hydrogen-bond donors (Lipinski definition) is 1. The first-order valence-corrected chi connectivity index (χ1v) is 6.90. The molecule has 0 radical (unpaired) electrons. The van der Waals surface area contributed by atoms with E-state index in [4.69, 9.17) is 5.11 Å². The number of nitrogens with zero attached hydrogens (tertiary/aromatic N) is 1. The summed E-state index contributed by atoms with van der Waals surface area (Å²) in [5.74, 6) is -2.38. The molecule has 0 amide bonds. The zero-order chi connectivity index (χ0) is 14.2. The van der Waals surface area contributed by atoms with Crippen LogP contribution >= 0.6 is 0 Å². The van der Waals surface area contributed by atoms with Crippen LogP contribution in [0.1, 0.15) is 13.3 Å². The first-order chi connectivity index (χ1) is 8.33. The first kappa shape index (κ1) is 16.6. The Kier molecular flexibility index (Phi) is 7.21. The van der Waals surface area contributed by atoms with Crippen molar-refractivity contribution in [3.63, 3.8) is 0 Å². The van der Waals surface area contributed by atoms with Crippen molar-refractivity contribution in [2.75, 3.05) is 25.4 Å². The van der Waals surface area contributed by atoms with Crippen molar-refractivity contribution < 1.29 is 27.9 Å². The minimum atomic E-state index is -3.81. The Labute approximate surface area is 106 Å². The van der Waals surface area contributed by atoms with Crippen molar-refractivity contribution in [3.05, 3.63) is 12.7 Å². The van der Waals surface area contributed by atoms with E-state index in [-0.39, 0.29) is 19.6 Å². The minimum Gasteiger partial charge on any atom is -0.480 e. The molecular weight excluding hydrogens is 262 g/mol. The van der Waals surface area contributed by atoms with Crippen LogP contribution in [0.5, 0.6) is 0 Å². The summed E-state index contributed by atoms with van der Waals surface area (Å²) in [4.78, 5) is 21.6. The van der Waals surface area contributed by atoms with Crippen LogP contribution in [0.4, 0.5) is 0 Å². The highest BCUT2D eigenvalue weighted by Crippen LogP contribution is 2.04. The summed E-state index contributed by atoms with van der Waals surface area (Å²) in [5.41, 5.74) is 0. The second-order valence-electron chi connectivity index (χ2n) is 3.35. The van der Waals surface area contributed by atoms with Crippen molar-refractivity contribution in [2.24, 2.45) is 0 Å². The summed E-state index contributed by atoms with van der Waals surface area (Å²) in [6.07, 6.45) is 0.980. The molecule has 18 heavy (non-hydrogen) atoms. The van der Waals surface area contributed by atoms with Gasteiger partial charge in [0.15, 0.2) is 0 Å². The zero-order valence-corrected chi connectivity index (χ0v) is 11.0. The third-order valence-electron chi connectivity index (χ3n) is 1.91. The van der Waals surface area contributed by atoms with Crippen LogP contribution in [-0.4, -0.2) is 55.2 Å². The Morgan fingerprint density at radius 1 is 1.44 bits per heavy atom. The van der Waals surface area contributed by atoms with Crippen LogP contribution in [0.25, 0.3) is 0 Å². The monoisotopic (exact) mass is 279 g/mol.